The molecule has 5 N–H and O–H groups in total. The summed E-state index contributed by atoms with van der Waals surface area (Å²) in [6.45, 7) is 0. The van der Waals surface area contributed by atoms with E-state index in [9.17, 15) is 0 Å². The highest BCUT2D eigenvalue weighted by atomic mass is 35.5. The number of nitrogens with zero attached hydrogens (tertiary/aromatic N) is 2. The molecule has 0 bridgehead atoms. The molecule has 0 radical (unpaired) electrons. The molecular formula is C18H14ClN5S. The van der Waals surface area contributed by atoms with Crippen molar-refractivity contribution in [3.05, 3.63) is 59.6 Å². The van der Waals surface area contributed by atoms with Crippen LogP contribution in [0.1, 0.15) is 0 Å². The zero-order valence-corrected chi connectivity index (χ0v) is 14.6. The van der Waals surface area contributed by atoms with Crippen LogP contribution in [0.4, 0.5) is 22.2 Å². The van der Waals surface area contributed by atoms with Crippen LogP contribution in [0.5, 0.6) is 0 Å². The number of hydrogen-bond donors (Lipinski definition) is 3. The number of rotatable bonds is 3. The Kier molecular flexibility index (Phi) is 3.91. The zero-order valence-electron chi connectivity index (χ0n) is 13.0. The Morgan fingerprint density at radius 1 is 0.960 bits per heavy atom. The summed E-state index contributed by atoms with van der Waals surface area (Å²) in [5, 5.41) is 5.66. The highest BCUT2D eigenvalue weighted by Gasteiger charge is 2.12. The van der Waals surface area contributed by atoms with Crippen molar-refractivity contribution in [3.8, 4) is 11.4 Å². The van der Waals surface area contributed by atoms with Gasteiger partial charge >= 0.3 is 0 Å². The molecule has 4 rings (SSSR count). The number of nitrogens with one attached hydrogen (secondary N) is 1. The minimum absolute atomic E-state index is 0.436. The van der Waals surface area contributed by atoms with E-state index in [-0.39, 0.29) is 0 Å². The summed E-state index contributed by atoms with van der Waals surface area (Å²) < 4.78 is 0. The molecule has 7 heteroatoms. The van der Waals surface area contributed by atoms with Crippen molar-refractivity contribution in [2.45, 2.75) is 0 Å². The van der Waals surface area contributed by atoms with Crippen LogP contribution in [0.25, 0.3) is 21.6 Å². The van der Waals surface area contributed by atoms with Crippen LogP contribution in [0.15, 0.2) is 54.6 Å². The minimum atomic E-state index is 0.436. The number of thiophene rings is 1. The molecule has 0 aliphatic heterocycles. The van der Waals surface area contributed by atoms with E-state index in [1.54, 1.807) is 0 Å². The fraction of sp³-hybridized carbons (Fsp3) is 0. The Balaban J connectivity index is 1.76. The van der Waals surface area contributed by atoms with Crippen LogP contribution >= 0.6 is 22.9 Å². The van der Waals surface area contributed by atoms with Crippen molar-refractivity contribution in [1.29, 1.82) is 0 Å². The van der Waals surface area contributed by atoms with Crippen molar-refractivity contribution in [2.75, 3.05) is 16.8 Å². The van der Waals surface area contributed by atoms with Gasteiger partial charge in [0.15, 0.2) is 5.82 Å². The number of halogens is 1. The standard InChI is InChI=1S/C18H14ClN5S/c19-13-6-1-2-7-14(13)22-15-9-12-16(21)23-17(24-18(12)25-15)10-4-3-5-11(20)8-10/h1-9,22H,20H2,(H2,21,23,24). The van der Waals surface area contributed by atoms with Gasteiger partial charge in [-0.3, -0.25) is 0 Å². The van der Waals surface area contributed by atoms with Crippen molar-refractivity contribution >= 4 is 55.3 Å². The number of hydrogen-bond acceptors (Lipinski definition) is 6. The molecule has 124 valence electrons. The number of aromatic nitrogens is 2. The molecule has 0 saturated carbocycles. The molecule has 2 aromatic heterocycles. The zero-order chi connectivity index (χ0) is 17.4. The van der Waals surface area contributed by atoms with E-state index >= 15 is 0 Å². The predicted molar refractivity (Wildman–Crippen MR) is 106 cm³/mol. The quantitative estimate of drug-likeness (QED) is 0.447. The molecule has 0 aliphatic carbocycles. The van der Waals surface area contributed by atoms with Crippen LogP contribution in [-0.2, 0) is 0 Å². The van der Waals surface area contributed by atoms with E-state index < -0.39 is 0 Å². The fourth-order valence-corrected chi connectivity index (χ4v) is 3.64. The third-order valence-electron chi connectivity index (χ3n) is 3.70. The van der Waals surface area contributed by atoms with Gasteiger partial charge in [0, 0.05) is 11.3 Å². The highest BCUT2D eigenvalue weighted by Crippen LogP contribution is 2.36. The minimum Gasteiger partial charge on any atom is -0.399 e. The van der Waals surface area contributed by atoms with Crippen molar-refractivity contribution in [1.82, 2.24) is 9.97 Å². The maximum absolute atomic E-state index is 6.20. The molecule has 0 aliphatic rings. The van der Waals surface area contributed by atoms with Crippen LogP contribution < -0.4 is 16.8 Å². The molecule has 0 atom stereocenters. The van der Waals surface area contributed by atoms with E-state index in [0.717, 1.165) is 26.5 Å². The van der Waals surface area contributed by atoms with Gasteiger partial charge in [-0.2, -0.15) is 0 Å². The van der Waals surface area contributed by atoms with E-state index in [2.05, 4.69) is 15.3 Å². The largest absolute Gasteiger partial charge is 0.399 e. The van der Waals surface area contributed by atoms with Crippen LogP contribution in [0.2, 0.25) is 5.02 Å². The summed E-state index contributed by atoms with van der Waals surface area (Å²) in [7, 11) is 0. The summed E-state index contributed by atoms with van der Waals surface area (Å²) in [6, 6.07) is 16.9. The molecule has 0 unspecified atom stereocenters. The first kappa shape index (κ1) is 15.7. The molecule has 2 aromatic carbocycles. The van der Waals surface area contributed by atoms with E-state index in [1.165, 1.54) is 11.3 Å². The number of fused-ring (bicyclic) bond motifs is 1. The lowest BCUT2D eigenvalue weighted by molar-refractivity contribution is 1.25. The van der Waals surface area contributed by atoms with E-state index in [0.29, 0.717) is 22.4 Å². The van der Waals surface area contributed by atoms with Gasteiger partial charge < -0.3 is 16.8 Å². The molecule has 0 saturated heterocycles. The Morgan fingerprint density at radius 2 is 1.80 bits per heavy atom. The lowest BCUT2D eigenvalue weighted by atomic mass is 10.2. The Morgan fingerprint density at radius 3 is 2.60 bits per heavy atom. The van der Waals surface area contributed by atoms with Gasteiger partial charge in [0.25, 0.3) is 0 Å². The summed E-state index contributed by atoms with van der Waals surface area (Å²) in [4.78, 5) is 9.85. The van der Waals surface area contributed by atoms with Crippen molar-refractivity contribution < 1.29 is 0 Å². The summed E-state index contributed by atoms with van der Waals surface area (Å²) >= 11 is 7.70. The normalized spacial score (nSPS) is 10.9. The topological polar surface area (TPSA) is 89.8 Å². The number of benzene rings is 2. The maximum Gasteiger partial charge on any atom is 0.163 e. The Bertz CT molecular complexity index is 1080. The number of anilines is 4. The van der Waals surface area contributed by atoms with Gasteiger partial charge in [0.2, 0.25) is 0 Å². The second kappa shape index (κ2) is 6.23. The average Bonchev–Trinajstić information content (AvgIpc) is 3.00. The number of nitrogens with two attached hydrogens (primary N) is 2. The number of nitrogen functional groups attached to an aromatic ring is 2. The van der Waals surface area contributed by atoms with Gasteiger partial charge in [0.05, 0.1) is 21.1 Å². The first-order valence-corrected chi connectivity index (χ1v) is 8.74. The van der Waals surface area contributed by atoms with Gasteiger partial charge in [-0.05, 0) is 30.3 Å². The lowest BCUT2D eigenvalue weighted by Crippen LogP contribution is -1.96. The van der Waals surface area contributed by atoms with Crippen LogP contribution in [0.3, 0.4) is 0 Å². The van der Waals surface area contributed by atoms with Crippen molar-refractivity contribution in [2.24, 2.45) is 0 Å². The molecule has 25 heavy (non-hydrogen) atoms. The highest BCUT2D eigenvalue weighted by molar-refractivity contribution is 7.22. The Hall–Kier alpha value is -2.83. The molecule has 0 spiro atoms. The lowest BCUT2D eigenvalue weighted by Gasteiger charge is -2.04. The predicted octanol–water partition coefficient (Wildman–Crippen LogP) is 4.92. The fourth-order valence-electron chi connectivity index (χ4n) is 2.51. The van der Waals surface area contributed by atoms with Gasteiger partial charge in [-0.1, -0.05) is 47.2 Å². The number of para-hydroxylation sites is 1. The first-order chi connectivity index (χ1) is 12.1. The third-order valence-corrected chi connectivity index (χ3v) is 4.97. The van der Waals surface area contributed by atoms with E-state index in [4.69, 9.17) is 23.1 Å². The molecule has 5 nitrogen and oxygen atoms in total. The first-order valence-electron chi connectivity index (χ1n) is 7.55. The second-order valence-electron chi connectivity index (χ2n) is 5.49. The van der Waals surface area contributed by atoms with E-state index in [1.807, 2.05) is 54.6 Å². The Labute approximate surface area is 153 Å². The maximum atomic E-state index is 6.20. The third kappa shape index (κ3) is 3.09. The van der Waals surface area contributed by atoms with Crippen molar-refractivity contribution in [3.63, 3.8) is 0 Å². The summed E-state index contributed by atoms with van der Waals surface area (Å²) in [6.07, 6.45) is 0. The SMILES string of the molecule is Nc1cccc(-c2nc(N)c3cc(Nc4ccccc4Cl)sc3n2)c1. The van der Waals surface area contributed by atoms with Gasteiger partial charge in [-0.15, -0.1) is 0 Å². The molecular weight excluding hydrogens is 354 g/mol. The second-order valence-corrected chi connectivity index (χ2v) is 6.93. The average molecular weight is 368 g/mol. The molecule has 2 heterocycles. The van der Waals surface area contributed by atoms with Gasteiger partial charge in [0.1, 0.15) is 10.6 Å². The van der Waals surface area contributed by atoms with Crippen LogP contribution in [-0.4, -0.2) is 9.97 Å². The monoisotopic (exact) mass is 367 g/mol. The molecule has 0 fully saturated rings. The summed E-state index contributed by atoms with van der Waals surface area (Å²) in [5.74, 6) is 0.995. The molecule has 4 aromatic rings. The van der Waals surface area contributed by atoms with Crippen LogP contribution in [0, 0.1) is 0 Å². The van der Waals surface area contributed by atoms with Gasteiger partial charge in [-0.25, -0.2) is 9.97 Å². The summed E-state index contributed by atoms with van der Waals surface area (Å²) in [5.41, 5.74) is 14.3. The smallest absolute Gasteiger partial charge is 0.163 e. The molecule has 0 amide bonds.